The first-order valence-electron chi connectivity index (χ1n) is 5.34. The molecule has 1 fully saturated rings. The van der Waals surface area contributed by atoms with Crippen LogP contribution < -0.4 is 10.6 Å². The van der Waals surface area contributed by atoms with Gasteiger partial charge in [-0.1, -0.05) is 0 Å². The number of nitrogens with zero attached hydrogens (tertiary/aromatic N) is 1. The quantitative estimate of drug-likeness (QED) is 0.592. The summed E-state index contributed by atoms with van der Waals surface area (Å²) in [5.41, 5.74) is 8.19. The summed E-state index contributed by atoms with van der Waals surface area (Å²) in [6, 6.07) is 5.71. The van der Waals surface area contributed by atoms with Gasteiger partial charge >= 0.3 is 0 Å². The van der Waals surface area contributed by atoms with Crippen molar-refractivity contribution in [3.8, 4) is 0 Å². The molecule has 80 valence electrons. The van der Waals surface area contributed by atoms with Crippen molar-refractivity contribution < 1.29 is 4.79 Å². The minimum absolute atomic E-state index is 0.0282. The molecule has 1 aromatic carbocycles. The van der Waals surface area contributed by atoms with Crippen LogP contribution in [-0.2, 0) is 0 Å². The van der Waals surface area contributed by atoms with Gasteiger partial charge < -0.3 is 10.6 Å². The smallest absolute Gasteiger partial charge is 0.161 e. The zero-order valence-corrected chi connectivity index (χ0v) is 8.99. The Morgan fingerprint density at radius 1 is 1.33 bits per heavy atom. The second-order valence-electron chi connectivity index (χ2n) is 4.02. The Morgan fingerprint density at radius 2 is 2.00 bits per heavy atom. The van der Waals surface area contributed by atoms with Crippen LogP contribution >= 0.6 is 0 Å². The molecular weight excluding hydrogens is 188 g/mol. The van der Waals surface area contributed by atoms with Crippen LogP contribution in [0.25, 0.3) is 0 Å². The largest absolute Gasteiger partial charge is 0.398 e. The third kappa shape index (κ3) is 1.96. The Kier molecular flexibility index (Phi) is 2.62. The summed E-state index contributed by atoms with van der Waals surface area (Å²) in [4.78, 5) is 13.5. The number of carbonyl (C=O) groups is 1. The molecular formula is C12H16N2O. The van der Waals surface area contributed by atoms with Gasteiger partial charge in [-0.2, -0.15) is 0 Å². The fourth-order valence-electron chi connectivity index (χ4n) is 2.04. The van der Waals surface area contributed by atoms with E-state index in [0.29, 0.717) is 11.3 Å². The van der Waals surface area contributed by atoms with Gasteiger partial charge in [0.25, 0.3) is 0 Å². The number of anilines is 2. The molecule has 0 unspecified atom stereocenters. The van der Waals surface area contributed by atoms with E-state index >= 15 is 0 Å². The highest BCUT2D eigenvalue weighted by Gasteiger charge is 2.13. The highest BCUT2D eigenvalue weighted by Crippen LogP contribution is 2.24. The predicted molar refractivity (Wildman–Crippen MR) is 62.3 cm³/mol. The molecule has 0 amide bonds. The zero-order valence-electron chi connectivity index (χ0n) is 8.99. The van der Waals surface area contributed by atoms with Crippen molar-refractivity contribution in [2.45, 2.75) is 19.8 Å². The van der Waals surface area contributed by atoms with Gasteiger partial charge in [0, 0.05) is 30.0 Å². The van der Waals surface area contributed by atoms with Crippen LogP contribution in [0.15, 0.2) is 18.2 Å². The molecule has 0 aliphatic carbocycles. The second-order valence-corrected chi connectivity index (χ2v) is 4.02. The van der Waals surface area contributed by atoms with Crippen molar-refractivity contribution in [2.75, 3.05) is 23.7 Å². The van der Waals surface area contributed by atoms with Gasteiger partial charge in [0.1, 0.15) is 0 Å². The Bertz CT molecular complexity index is 381. The molecule has 2 N–H and O–H groups in total. The van der Waals surface area contributed by atoms with Crippen molar-refractivity contribution in [1.29, 1.82) is 0 Å². The molecule has 3 heteroatoms. The Hall–Kier alpha value is -1.51. The summed E-state index contributed by atoms with van der Waals surface area (Å²) < 4.78 is 0. The van der Waals surface area contributed by atoms with E-state index in [1.807, 2.05) is 18.2 Å². The van der Waals surface area contributed by atoms with Gasteiger partial charge in [0.2, 0.25) is 0 Å². The molecule has 2 rings (SSSR count). The third-order valence-corrected chi connectivity index (χ3v) is 2.89. The number of rotatable bonds is 2. The first kappa shape index (κ1) is 10.0. The third-order valence-electron chi connectivity index (χ3n) is 2.89. The summed E-state index contributed by atoms with van der Waals surface area (Å²) in [6.45, 7) is 3.74. The second kappa shape index (κ2) is 3.93. The molecule has 1 saturated heterocycles. The highest BCUT2D eigenvalue weighted by atomic mass is 16.1. The molecule has 0 radical (unpaired) electrons. The molecule has 15 heavy (non-hydrogen) atoms. The average molecular weight is 204 g/mol. The lowest BCUT2D eigenvalue weighted by molar-refractivity contribution is 0.101. The fraction of sp³-hybridized carbons (Fsp3) is 0.417. The lowest BCUT2D eigenvalue weighted by atomic mass is 10.1. The van der Waals surface area contributed by atoms with E-state index in [1.165, 1.54) is 12.8 Å². The van der Waals surface area contributed by atoms with E-state index in [0.717, 1.165) is 18.8 Å². The zero-order chi connectivity index (χ0) is 10.8. The standard InChI is InChI=1S/C12H16N2O/c1-9(15)11-5-4-10(8-12(11)13)14-6-2-3-7-14/h4-5,8H,2-3,6-7,13H2,1H3. The van der Waals surface area contributed by atoms with Gasteiger partial charge in [-0.25, -0.2) is 0 Å². The number of Topliss-reactive ketones (excluding diaryl/α,β-unsaturated/α-hetero) is 1. The fourth-order valence-corrected chi connectivity index (χ4v) is 2.04. The first-order chi connectivity index (χ1) is 7.18. The molecule has 1 aliphatic heterocycles. The van der Waals surface area contributed by atoms with E-state index < -0.39 is 0 Å². The maximum absolute atomic E-state index is 11.2. The maximum Gasteiger partial charge on any atom is 0.161 e. The Balaban J connectivity index is 2.28. The molecule has 0 bridgehead atoms. The first-order valence-corrected chi connectivity index (χ1v) is 5.34. The molecule has 0 atom stereocenters. The van der Waals surface area contributed by atoms with Crippen LogP contribution in [0.1, 0.15) is 30.1 Å². The topological polar surface area (TPSA) is 46.3 Å². The van der Waals surface area contributed by atoms with E-state index in [9.17, 15) is 4.79 Å². The molecule has 0 spiro atoms. The molecule has 3 nitrogen and oxygen atoms in total. The normalized spacial score (nSPS) is 15.7. The van der Waals surface area contributed by atoms with Crippen molar-refractivity contribution in [1.82, 2.24) is 0 Å². The number of benzene rings is 1. The SMILES string of the molecule is CC(=O)c1ccc(N2CCCC2)cc1N. The van der Waals surface area contributed by atoms with E-state index in [-0.39, 0.29) is 5.78 Å². The van der Waals surface area contributed by atoms with Crippen LogP contribution in [0.5, 0.6) is 0 Å². The molecule has 1 aromatic rings. The lowest BCUT2D eigenvalue weighted by Gasteiger charge is -2.18. The minimum Gasteiger partial charge on any atom is -0.398 e. The Labute approximate surface area is 89.9 Å². The molecule has 1 heterocycles. The average Bonchev–Trinajstić information content (AvgIpc) is 2.69. The van der Waals surface area contributed by atoms with Gasteiger partial charge in [-0.05, 0) is 38.0 Å². The lowest BCUT2D eigenvalue weighted by Crippen LogP contribution is -2.18. The maximum atomic E-state index is 11.2. The molecule has 1 aliphatic rings. The number of carbonyl (C=O) groups excluding carboxylic acids is 1. The van der Waals surface area contributed by atoms with Crippen molar-refractivity contribution in [3.05, 3.63) is 23.8 Å². The molecule has 0 saturated carbocycles. The highest BCUT2D eigenvalue weighted by molar-refractivity contribution is 5.99. The van der Waals surface area contributed by atoms with Crippen LogP contribution in [0.3, 0.4) is 0 Å². The van der Waals surface area contributed by atoms with Crippen LogP contribution in [-0.4, -0.2) is 18.9 Å². The minimum atomic E-state index is 0.0282. The summed E-state index contributed by atoms with van der Waals surface area (Å²) in [5.74, 6) is 0.0282. The number of nitrogens with two attached hydrogens (primary N) is 1. The molecule has 0 aromatic heterocycles. The van der Waals surface area contributed by atoms with Crippen LogP contribution in [0, 0.1) is 0 Å². The summed E-state index contributed by atoms with van der Waals surface area (Å²) in [6.07, 6.45) is 2.49. The summed E-state index contributed by atoms with van der Waals surface area (Å²) in [7, 11) is 0. The van der Waals surface area contributed by atoms with E-state index in [1.54, 1.807) is 6.92 Å². The Morgan fingerprint density at radius 3 is 2.53 bits per heavy atom. The van der Waals surface area contributed by atoms with Crippen LogP contribution in [0.4, 0.5) is 11.4 Å². The number of nitrogen functional groups attached to an aromatic ring is 1. The number of hydrogen-bond donors (Lipinski definition) is 1. The van der Waals surface area contributed by atoms with Gasteiger partial charge in [0.05, 0.1) is 0 Å². The van der Waals surface area contributed by atoms with Crippen molar-refractivity contribution in [3.63, 3.8) is 0 Å². The summed E-state index contributed by atoms with van der Waals surface area (Å²) >= 11 is 0. The van der Waals surface area contributed by atoms with E-state index in [4.69, 9.17) is 5.73 Å². The van der Waals surface area contributed by atoms with Crippen molar-refractivity contribution in [2.24, 2.45) is 0 Å². The van der Waals surface area contributed by atoms with Crippen molar-refractivity contribution >= 4 is 17.2 Å². The van der Waals surface area contributed by atoms with Gasteiger partial charge in [-0.15, -0.1) is 0 Å². The summed E-state index contributed by atoms with van der Waals surface area (Å²) in [5, 5.41) is 0. The predicted octanol–water partition coefficient (Wildman–Crippen LogP) is 2.07. The number of hydrogen-bond acceptors (Lipinski definition) is 3. The van der Waals surface area contributed by atoms with Gasteiger partial charge in [0.15, 0.2) is 5.78 Å². The van der Waals surface area contributed by atoms with Gasteiger partial charge in [-0.3, -0.25) is 4.79 Å². The van der Waals surface area contributed by atoms with E-state index in [2.05, 4.69) is 4.90 Å². The monoisotopic (exact) mass is 204 g/mol. The number of ketones is 1. The van der Waals surface area contributed by atoms with Crippen LogP contribution in [0.2, 0.25) is 0 Å².